The third-order valence-corrected chi connectivity index (χ3v) is 5.21. The molecule has 1 N–H and O–H groups in total. The fourth-order valence-corrected chi connectivity index (χ4v) is 3.77. The molecule has 0 bridgehead atoms. The van der Waals surface area contributed by atoms with Gasteiger partial charge in [0, 0.05) is 32.6 Å². The molecule has 5 nitrogen and oxygen atoms in total. The van der Waals surface area contributed by atoms with Crippen LogP contribution < -0.4 is 10.1 Å². The van der Waals surface area contributed by atoms with Gasteiger partial charge in [-0.3, -0.25) is 9.69 Å². The van der Waals surface area contributed by atoms with E-state index in [1.807, 2.05) is 24.3 Å². The summed E-state index contributed by atoms with van der Waals surface area (Å²) in [7, 11) is 1.65. The zero-order valence-corrected chi connectivity index (χ0v) is 17.7. The topological polar surface area (TPSA) is 50.8 Å². The predicted molar refractivity (Wildman–Crippen MR) is 115 cm³/mol. The summed E-state index contributed by atoms with van der Waals surface area (Å²) in [6.45, 7) is 7.69. The highest BCUT2D eigenvalue weighted by Gasteiger charge is 2.21. The molecule has 0 radical (unpaired) electrons. The lowest BCUT2D eigenvalue weighted by Gasteiger charge is -2.35. The van der Waals surface area contributed by atoms with E-state index < -0.39 is 0 Å². The Hall–Kier alpha value is -2.37. The first-order valence-electron chi connectivity index (χ1n) is 10.4. The van der Waals surface area contributed by atoms with Crippen LogP contribution in [-0.2, 0) is 29.0 Å². The summed E-state index contributed by atoms with van der Waals surface area (Å²) in [6, 6.07) is 16.4. The molecule has 2 aromatic carbocycles. The van der Waals surface area contributed by atoms with Crippen molar-refractivity contribution in [3.63, 3.8) is 0 Å². The number of carbonyl (C=O) groups is 1. The minimum atomic E-state index is 0.0705. The van der Waals surface area contributed by atoms with E-state index >= 15 is 0 Å². The molecule has 0 aromatic heterocycles. The van der Waals surface area contributed by atoms with Crippen molar-refractivity contribution in [2.75, 3.05) is 20.2 Å². The van der Waals surface area contributed by atoms with Crippen molar-refractivity contribution in [1.82, 2.24) is 10.2 Å². The van der Waals surface area contributed by atoms with Gasteiger partial charge in [-0.25, -0.2) is 0 Å². The summed E-state index contributed by atoms with van der Waals surface area (Å²) in [5.74, 6) is 0.903. The Balaban J connectivity index is 1.40. The summed E-state index contributed by atoms with van der Waals surface area (Å²) in [5.41, 5.74) is 3.55. The number of aryl methyl sites for hydroxylation is 1. The van der Waals surface area contributed by atoms with E-state index in [0.717, 1.165) is 42.9 Å². The molecular formula is C24H32N2O3. The van der Waals surface area contributed by atoms with E-state index in [4.69, 9.17) is 9.47 Å². The SMILES string of the molecule is COc1ccc(CCC(=O)NCc2ccc(CN3CC(C)OC(C)C3)cc2)cc1. The van der Waals surface area contributed by atoms with Crippen LogP contribution in [0.5, 0.6) is 5.75 Å². The molecule has 1 saturated heterocycles. The van der Waals surface area contributed by atoms with Crippen molar-refractivity contribution in [2.24, 2.45) is 0 Å². The Labute approximate surface area is 174 Å². The third-order valence-electron chi connectivity index (χ3n) is 5.21. The maximum Gasteiger partial charge on any atom is 0.220 e. The average Bonchev–Trinajstić information content (AvgIpc) is 2.71. The number of morpholine rings is 1. The van der Waals surface area contributed by atoms with E-state index in [2.05, 4.69) is 48.3 Å². The van der Waals surface area contributed by atoms with Crippen molar-refractivity contribution >= 4 is 5.91 Å². The first-order valence-corrected chi connectivity index (χ1v) is 10.4. The van der Waals surface area contributed by atoms with Crippen molar-refractivity contribution < 1.29 is 14.3 Å². The van der Waals surface area contributed by atoms with Gasteiger partial charge in [0.05, 0.1) is 19.3 Å². The van der Waals surface area contributed by atoms with Crippen LogP contribution in [0.25, 0.3) is 0 Å². The molecule has 3 rings (SSSR count). The monoisotopic (exact) mass is 396 g/mol. The number of methoxy groups -OCH3 is 1. The third kappa shape index (κ3) is 6.87. The van der Waals surface area contributed by atoms with Gasteiger partial charge >= 0.3 is 0 Å². The molecule has 0 aliphatic carbocycles. The Morgan fingerprint density at radius 3 is 2.21 bits per heavy atom. The summed E-state index contributed by atoms with van der Waals surface area (Å²) >= 11 is 0. The molecule has 1 aliphatic heterocycles. The van der Waals surface area contributed by atoms with Gasteiger partial charge in [-0.2, -0.15) is 0 Å². The molecule has 5 heteroatoms. The minimum Gasteiger partial charge on any atom is -0.497 e. The molecule has 29 heavy (non-hydrogen) atoms. The van der Waals surface area contributed by atoms with E-state index in [1.54, 1.807) is 7.11 Å². The second-order valence-electron chi connectivity index (χ2n) is 7.89. The Morgan fingerprint density at radius 1 is 1.00 bits per heavy atom. The van der Waals surface area contributed by atoms with Crippen LogP contribution in [0.15, 0.2) is 48.5 Å². The summed E-state index contributed by atoms with van der Waals surface area (Å²) in [6.07, 6.45) is 1.78. The number of rotatable bonds is 8. The lowest BCUT2D eigenvalue weighted by atomic mass is 10.1. The van der Waals surface area contributed by atoms with Gasteiger partial charge in [-0.15, -0.1) is 0 Å². The molecule has 1 heterocycles. The first-order chi connectivity index (χ1) is 14.0. The van der Waals surface area contributed by atoms with Crippen LogP contribution in [0.3, 0.4) is 0 Å². The lowest BCUT2D eigenvalue weighted by molar-refractivity contribution is -0.121. The zero-order chi connectivity index (χ0) is 20.6. The molecule has 2 unspecified atom stereocenters. The molecule has 2 aromatic rings. The molecule has 0 spiro atoms. The first kappa shape index (κ1) is 21.3. The minimum absolute atomic E-state index is 0.0705. The number of amides is 1. The second kappa shape index (κ2) is 10.4. The van der Waals surface area contributed by atoms with Gasteiger partial charge < -0.3 is 14.8 Å². The second-order valence-corrected chi connectivity index (χ2v) is 7.89. The van der Waals surface area contributed by atoms with Gasteiger partial charge in [0.25, 0.3) is 0 Å². The number of ether oxygens (including phenoxy) is 2. The molecule has 156 valence electrons. The van der Waals surface area contributed by atoms with E-state index in [-0.39, 0.29) is 18.1 Å². The van der Waals surface area contributed by atoms with Crippen LogP contribution in [-0.4, -0.2) is 43.2 Å². The molecule has 1 amide bonds. The van der Waals surface area contributed by atoms with Crippen LogP contribution in [0, 0.1) is 0 Å². The average molecular weight is 397 g/mol. The fourth-order valence-electron chi connectivity index (χ4n) is 3.77. The van der Waals surface area contributed by atoms with E-state index in [0.29, 0.717) is 13.0 Å². The van der Waals surface area contributed by atoms with Crippen LogP contribution in [0.1, 0.15) is 37.0 Å². The normalized spacial score (nSPS) is 19.7. The van der Waals surface area contributed by atoms with Crippen LogP contribution >= 0.6 is 0 Å². The van der Waals surface area contributed by atoms with Gasteiger partial charge in [0.2, 0.25) is 5.91 Å². The predicted octanol–water partition coefficient (Wildman–Crippen LogP) is 3.55. The van der Waals surface area contributed by atoms with Crippen molar-refractivity contribution in [1.29, 1.82) is 0 Å². The Morgan fingerprint density at radius 2 is 1.59 bits per heavy atom. The molecular weight excluding hydrogens is 364 g/mol. The fraction of sp³-hybridized carbons (Fsp3) is 0.458. The number of hydrogen-bond donors (Lipinski definition) is 1. The van der Waals surface area contributed by atoms with Crippen molar-refractivity contribution in [3.05, 3.63) is 65.2 Å². The highest BCUT2D eigenvalue weighted by Crippen LogP contribution is 2.15. The number of nitrogens with zero attached hydrogens (tertiary/aromatic N) is 1. The summed E-state index contributed by atoms with van der Waals surface area (Å²) in [5, 5.41) is 3.01. The van der Waals surface area contributed by atoms with E-state index in [1.165, 1.54) is 5.56 Å². The number of nitrogens with one attached hydrogen (secondary N) is 1. The Kier molecular flexibility index (Phi) is 7.67. The highest BCUT2D eigenvalue weighted by molar-refractivity contribution is 5.76. The van der Waals surface area contributed by atoms with Gasteiger partial charge in [-0.1, -0.05) is 36.4 Å². The summed E-state index contributed by atoms with van der Waals surface area (Å²) in [4.78, 5) is 14.6. The summed E-state index contributed by atoms with van der Waals surface area (Å²) < 4.78 is 11.0. The largest absolute Gasteiger partial charge is 0.497 e. The molecule has 2 atom stereocenters. The standard InChI is InChI=1S/C24H32N2O3/c1-18-15-26(16-19(2)29-18)17-22-6-4-21(5-7-22)14-25-24(27)13-10-20-8-11-23(28-3)12-9-20/h4-9,11-12,18-19H,10,13-17H2,1-3H3,(H,25,27). The maximum atomic E-state index is 12.1. The molecule has 1 fully saturated rings. The van der Waals surface area contributed by atoms with Gasteiger partial charge in [0.15, 0.2) is 0 Å². The Bertz CT molecular complexity index is 764. The quantitative estimate of drug-likeness (QED) is 0.741. The van der Waals surface area contributed by atoms with Crippen LogP contribution in [0.4, 0.5) is 0 Å². The van der Waals surface area contributed by atoms with E-state index in [9.17, 15) is 4.79 Å². The number of benzene rings is 2. The smallest absolute Gasteiger partial charge is 0.220 e. The van der Waals surface area contributed by atoms with Gasteiger partial charge in [-0.05, 0) is 49.1 Å². The number of carbonyl (C=O) groups excluding carboxylic acids is 1. The van der Waals surface area contributed by atoms with Crippen LogP contribution in [0.2, 0.25) is 0 Å². The number of hydrogen-bond acceptors (Lipinski definition) is 4. The lowest BCUT2D eigenvalue weighted by Crippen LogP contribution is -2.44. The van der Waals surface area contributed by atoms with Gasteiger partial charge in [0.1, 0.15) is 5.75 Å². The molecule has 0 saturated carbocycles. The highest BCUT2D eigenvalue weighted by atomic mass is 16.5. The zero-order valence-electron chi connectivity index (χ0n) is 17.7. The molecule has 1 aliphatic rings. The van der Waals surface area contributed by atoms with Crippen molar-refractivity contribution in [3.8, 4) is 5.75 Å². The van der Waals surface area contributed by atoms with Crippen molar-refractivity contribution in [2.45, 2.75) is 52.0 Å². The maximum absolute atomic E-state index is 12.1.